The van der Waals surface area contributed by atoms with Gasteiger partial charge in [0.2, 0.25) is 10.0 Å². The third-order valence-corrected chi connectivity index (χ3v) is 4.64. The molecule has 108 valence electrons. The number of anilines is 1. The lowest BCUT2D eigenvalue weighted by atomic mass is 10.2. The molecule has 1 rings (SSSR count). The van der Waals surface area contributed by atoms with Crippen LogP contribution in [0.15, 0.2) is 17.0 Å². The van der Waals surface area contributed by atoms with Crippen LogP contribution in [0.3, 0.4) is 0 Å². The Labute approximate surface area is 122 Å². The maximum absolute atomic E-state index is 12.0. The van der Waals surface area contributed by atoms with Gasteiger partial charge in [-0.3, -0.25) is 0 Å². The molecule has 5 nitrogen and oxygen atoms in total. The molecule has 0 saturated carbocycles. The average Bonchev–Trinajstić information content (AvgIpc) is 2.26. The Morgan fingerprint density at radius 3 is 2.47 bits per heavy atom. The molecule has 0 atom stereocenters. The highest BCUT2D eigenvalue weighted by atomic mass is 35.5. The second-order valence-corrected chi connectivity index (χ2v) is 6.54. The van der Waals surface area contributed by atoms with Crippen LogP contribution >= 0.6 is 23.2 Å². The number of aliphatic hydroxyl groups is 1. The van der Waals surface area contributed by atoms with Crippen molar-refractivity contribution in [3.8, 4) is 0 Å². The van der Waals surface area contributed by atoms with Gasteiger partial charge in [0.1, 0.15) is 4.90 Å². The van der Waals surface area contributed by atoms with Crippen molar-refractivity contribution >= 4 is 38.9 Å². The number of aliphatic hydroxyl groups excluding tert-OH is 1. The maximum atomic E-state index is 12.0. The Morgan fingerprint density at radius 2 is 1.89 bits per heavy atom. The first-order chi connectivity index (χ1) is 8.88. The summed E-state index contributed by atoms with van der Waals surface area (Å²) in [6, 6.07) is 2.67. The van der Waals surface area contributed by atoms with Crippen LogP contribution in [0.2, 0.25) is 10.0 Å². The molecule has 4 N–H and O–H groups in total. The quantitative estimate of drug-likeness (QED) is 0.528. The van der Waals surface area contributed by atoms with Gasteiger partial charge in [0.05, 0.1) is 10.7 Å². The van der Waals surface area contributed by atoms with Crippen molar-refractivity contribution in [2.75, 3.05) is 18.9 Å². The Hall–Kier alpha value is -0.530. The minimum absolute atomic E-state index is 0.00661. The molecule has 1 aromatic rings. The van der Waals surface area contributed by atoms with Crippen LogP contribution in [0.1, 0.15) is 19.3 Å². The Kier molecular flexibility index (Phi) is 6.35. The molecule has 0 bridgehead atoms. The van der Waals surface area contributed by atoms with E-state index in [2.05, 4.69) is 4.72 Å². The van der Waals surface area contributed by atoms with E-state index in [1.807, 2.05) is 0 Å². The average molecular weight is 327 g/mol. The number of nitrogens with one attached hydrogen (secondary N) is 1. The van der Waals surface area contributed by atoms with E-state index < -0.39 is 10.0 Å². The lowest BCUT2D eigenvalue weighted by molar-refractivity contribution is 0.283. The fourth-order valence-electron chi connectivity index (χ4n) is 1.56. The SMILES string of the molecule is Nc1cc(Cl)cc(Cl)c1S(=O)(=O)NCCCCCO. The third-order valence-electron chi connectivity index (χ3n) is 2.43. The standard InChI is InChI=1S/C11H16Cl2N2O3S/c12-8-6-9(13)11(10(14)7-8)19(17,18)15-4-2-1-3-5-16/h6-7,15-16H,1-5,14H2. The van der Waals surface area contributed by atoms with E-state index in [1.165, 1.54) is 12.1 Å². The van der Waals surface area contributed by atoms with Gasteiger partial charge in [-0.05, 0) is 31.4 Å². The molecule has 19 heavy (non-hydrogen) atoms. The fraction of sp³-hybridized carbons (Fsp3) is 0.455. The monoisotopic (exact) mass is 326 g/mol. The number of rotatable bonds is 7. The number of benzene rings is 1. The summed E-state index contributed by atoms with van der Waals surface area (Å²) in [5, 5.41) is 8.89. The highest BCUT2D eigenvalue weighted by molar-refractivity contribution is 7.89. The van der Waals surface area contributed by atoms with Crippen LogP contribution in [-0.2, 0) is 10.0 Å². The number of nitrogen functional groups attached to an aromatic ring is 1. The summed E-state index contributed by atoms with van der Waals surface area (Å²) in [5.74, 6) is 0. The Morgan fingerprint density at radius 1 is 1.21 bits per heavy atom. The fourth-order valence-corrected chi connectivity index (χ4v) is 3.61. The van der Waals surface area contributed by atoms with Gasteiger partial charge in [0, 0.05) is 18.2 Å². The summed E-state index contributed by atoms with van der Waals surface area (Å²) in [6.45, 7) is 0.365. The van der Waals surface area contributed by atoms with E-state index in [9.17, 15) is 8.42 Å². The predicted molar refractivity (Wildman–Crippen MR) is 77.0 cm³/mol. The Bertz CT molecular complexity index is 512. The van der Waals surface area contributed by atoms with Gasteiger partial charge in [0.15, 0.2) is 0 Å². The summed E-state index contributed by atoms with van der Waals surface area (Å²) in [6.07, 6.45) is 2.01. The number of nitrogens with two attached hydrogens (primary N) is 1. The van der Waals surface area contributed by atoms with E-state index in [4.69, 9.17) is 34.0 Å². The molecule has 0 spiro atoms. The van der Waals surface area contributed by atoms with E-state index in [-0.39, 0.29) is 33.8 Å². The zero-order valence-electron chi connectivity index (χ0n) is 10.2. The molecule has 0 saturated heterocycles. The van der Waals surface area contributed by atoms with Crippen molar-refractivity contribution in [1.29, 1.82) is 0 Å². The van der Waals surface area contributed by atoms with E-state index in [1.54, 1.807) is 0 Å². The van der Waals surface area contributed by atoms with Gasteiger partial charge in [-0.1, -0.05) is 23.2 Å². The second-order valence-electron chi connectivity index (χ2n) is 3.99. The first-order valence-corrected chi connectivity index (χ1v) is 7.97. The number of hydrogen-bond acceptors (Lipinski definition) is 4. The van der Waals surface area contributed by atoms with Crippen molar-refractivity contribution in [2.45, 2.75) is 24.2 Å². The molecule has 0 aliphatic heterocycles. The summed E-state index contributed by atoms with van der Waals surface area (Å²) < 4.78 is 26.5. The van der Waals surface area contributed by atoms with Crippen molar-refractivity contribution < 1.29 is 13.5 Å². The van der Waals surface area contributed by atoms with Crippen LogP contribution < -0.4 is 10.5 Å². The Balaban J connectivity index is 2.78. The lowest BCUT2D eigenvalue weighted by Crippen LogP contribution is -2.26. The molecular weight excluding hydrogens is 311 g/mol. The van der Waals surface area contributed by atoms with Gasteiger partial charge < -0.3 is 10.8 Å². The largest absolute Gasteiger partial charge is 0.398 e. The van der Waals surface area contributed by atoms with Crippen molar-refractivity contribution in [3.05, 3.63) is 22.2 Å². The molecule has 0 radical (unpaired) electrons. The molecule has 0 heterocycles. The molecule has 0 unspecified atom stereocenters. The van der Waals surface area contributed by atoms with E-state index in [0.717, 1.165) is 6.42 Å². The highest BCUT2D eigenvalue weighted by Crippen LogP contribution is 2.30. The van der Waals surface area contributed by atoms with Crippen LogP contribution in [0.25, 0.3) is 0 Å². The molecular formula is C11H16Cl2N2O3S. The first-order valence-electron chi connectivity index (χ1n) is 5.73. The molecule has 0 aliphatic rings. The third kappa shape index (κ3) is 4.81. The topological polar surface area (TPSA) is 92.4 Å². The number of hydrogen-bond donors (Lipinski definition) is 3. The highest BCUT2D eigenvalue weighted by Gasteiger charge is 2.21. The minimum atomic E-state index is -3.75. The zero-order chi connectivity index (χ0) is 14.5. The summed E-state index contributed by atoms with van der Waals surface area (Å²) in [4.78, 5) is -0.152. The number of halogens is 2. The van der Waals surface area contributed by atoms with Gasteiger partial charge in [-0.15, -0.1) is 0 Å². The molecule has 0 aromatic heterocycles. The lowest BCUT2D eigenvalue weighted by Gasteiger charge is -2.11. The van der Waals surface area contributed by atoms with Crippen molar-refractivity contribution in [3.63, 3.8) is 0 Å². The van der Waals surface area contributed by atoms with Crippen LogP contribution in [0, 0.1) is 0 Å². The molecule has 0 amide bonds. The van der Waals surface area contributed by atoms with Gasteiger partial charge in [-0.2, -0.15) is 0 Å². The van der Waals surface area contributed by atoms with E-state index in [0.29, 0.717) is 12.8 Å². The summed E-state index contributed by atoms with van der Waals surface area (Å²) >= 11 is 11.6. The van der Waals surface area contributed by atoms with Gasteiger partial charge >= 0.3 is 0 Å². The zero-order valence-corrected chi connectivity index (χ0v) is 12.5. The normalized spacial score (nSPS) is 11.7. The molecule has 0 aliphatic carbocycles. The van der Waals surface area contributed by atoms with Gasteiger partial charge in [-0.25, -0.2) is 13.1 Å². The molecule has 0 fully saturated rings. The van der Waals surface area contributed by atoms with E-state index >= 15 is 0 Å². The van der Waals surface area contributed by atoms with Crippen molar-refractivity contribution in [1.82, 2.24) is 4.72 Å². The predicted octanol–water partition coefficient (Wildman–Crippen LogP) is 2.02. The number of sulfonamides is 1. The van der Waals surface area contributed by atoms with Crippen LogP contribution in [-0.4, -0.2) is 26.7 Å². The smallest absolute Gasteiger partial charge is 0.244 e. The minimum Gasteiger partial charge on any atom is -0.398 e. The maximum Gasteiger partial charge on any atom is 0.244 e. The number of unbranched alkanes of at least 4 members (excludes halogenated alkanes) is 2. The first kappa shape index (κ1) is 16.5. The van der Waals surface area contributed by atoms with Gasteiger partial charge in [0.25, 0.3) is 0 Å². The molecule has 1 aromatic carbocycles. The molecule has 8 heteroatoms. The van der Waals surface area contributed by atoms with Crippen LogP contribution in [0.4, 0.5) is 5.69 Å². The summed E-state index contributed by atoms with van der Waals surface area (Å²) in [5.41, 5.74) is 5.65. The van der Waals surface area contributed by atoms with Crippen molar-refractivity contribution in [2.24, 2.45) is 0 Å². The second kappa shape index (κ2) is 7.31. The summed E-state index contributed by atoms with van der Waals surface area (Å²) in [7, 11) is -3.75. The van der Waals surface area contributed by atoms with Crippen LogP contribution in [0.5, 0.6) is 0 Å².